The van der Waals surface area contributed by atoms with E-state index < -0.39 is 0 Å². The summed E-state index contributed by atoms with van der Waals surface area (Å²) in [6, 6.07) is 21.0. The van der Waals surface area contributed by atoms with Crippen LogP contribution >= 0.6 is 0 Å². The third kappa shape index (κ3) is 3.35. The number of para-hydroxylation sites is 1. The molecule has 31 heavy (non-hydrogen) atoms. The van der Waals surface area contributed by atoms with Gasteiger partial charge in [-0.2, -0.15) is 5.10 Å². The summed E-state index contributed by atoms with van der Waals surface area (Å²) >= 11 is 0. The maximum atomic E-state index is 12.8. The van der Waals surface area contributed by atoms with Gasteiger partial charge in [-0.1, -0.05) is 83.1 Å². The van der Waals surface area contributed by atoms with Gasteiger partial charge in [0.25, 0.3) is 0 Å². The molecule has 0 aliphatic heterocycles. The van der Waals surface area contributed by atoms with Gasteiger partial charge in [-0.15, -0.1) is 0 Å². The Morgan fingerprint density at radius 1 is 0.903 bits per heavy atom. The average Bonchev–Trinajstić information content (AvgIpc) is 3.20. The van der Waals surface area contributed by atoms with Gasteiger partial charge < -0.3 is 0 Å². The van der Waals surface area contributed by atoms with Crippen LogP contribution in [0.3, 0.4) is 0 Å². The summed E-state index contributed by atoms with van der Waals surface area (Å²) < 4.78 is 2.18. The number of ketones is 1. The minimum Gasteiger partial charge on any atom is -0.299 e. The third-order valence-electron chi connectivity index (χ3n) is 7.49. The van der Waals surface area contributed by atoms with E-state index in [9.17, 15) is 4.79 Å². The summed E-state index contributed by atoms with van der Waals surface area (Å²) in [6.45, 7) is 10.7. The van der Waals surface area contributed by atoms with Gasteiger partial charge in [-0.25, -0.2) is 4.68 Å². The van der Waals surface area contributed by atoms with Crippen molar-refractivity contribution >= 4 is 5.78 Å². The Morgan fingerprint density at radius 3 is 2.16 bits per heavy atom. The van der Waals surface area contributed by atoms with E-state index in [1.54, 1.807) is 0 Å². The predicted molar refractivity (Wildman–Crippen MR) is 128 cm³/mol. The van der Waals surface area contributed by atoms with Crippen LogP contribution in [-0.2, 0) is 16.6 Å². The van der Waals surface area contributed by atoms with Crippen molar-refractivity contribution in [3.63, 3.8) is 0 Å². The van der Waals surface area contributed by atoms with Crippen molar-refractivity contribution in [1.29, 1.82) is 0 Å². The van der Waals surface area contributed by atoms with Crippen LogP contribution in [-0.4, -0.2) is 15.6 Å². The minimum absolute atomic E-state index is 0.0547. The van der Waals surface area contributed by atoms with E-state index in [0.717, 1.165) is 30.6 Å². The molecule has 3 aromatic rings. The Balaban J connectivity index is 0.00000112. The number of aromatic nitrogens is 2. The van der Waals surface area contributed by atoms with Crippen molar-refractivity contribution in [3.8, 4) is 16.9 Å². The van der Waals surface area contributed by atoms with Crippen LogP contribution in [0, 0.1) is 11.3 Å². The summed E-state index contributed by atoms with van der Waals surface area (Å²) in [4.78, 5) is 12.8. The summed E-state index contributed by atoms with van der Waals surface area (Å²) in [7, 11) is 0. The van der Waals surface area contributed by atoms with Gasteiger partial charge in [-0.3, -0.25) is 4.79 Å². The average molecular weight is 415 g/mol. The standard InChI is InChI=1S/C26H28N2O.C2H6/c1-25(2)21-15-14-20-23(18-10-6-4-7-11-18)27-28(19-12-8-5-9-13-19)24(20)26(21,3)17-16-22(25)29;1-2/h4-13,21H,14-17H2,1-3H3;1-2H3. The van der Waals surface area contributed by atoms with Crippen molar-refractivity contribution in [2.24, 2.45) is 11.3 Å². The number of fused-ring (bicyclic) bond motifs is 3. The van der Waals surface area contributed by atoms with Gasteiger partial charge >= 0.3 is 0 Å². The molecule has 0 N–H and O–H groups in total. The van der Waals surface area contributed by atoms with E-state index in [2.05, 4.69) is 80.1 Å². The minimum atomic E-state index is -0.288. The van der Waals surface area contributed by atoms with Crippen LogP contribution in [0.4, 0.5) is 0 Å². The zero-order valence-electron chi connectivity index (χ0n) is 19.5. The zero-order chi connectivity index (χ0) is 22.2. The lowest BCUT2D eigenvalue weighted by molar-refractivity contribution is -0.137. The zero-order valence-corrected chi connectivity index (χ0v) is 19.5. The fourth-order valence-electron chi connectivity index (χ4n) is 5.97. The molecule has 0 spiro atoms. The Kier molecular flexibility index (Phi) is 5.63. The molecule has 3 nitrogen and oxygen atoms in total. The molecule has 3 heteroatoms. The molecule has 2 aliphatic rings. The second kappa shape index (κ2) is 8.11. The summed E-state index contributed by atoms with van der Waals surface area (Å²) in [5.74, 6) is 0.754. The highest BCUT2D eigenvalue weighted by molar-refractivity contribution is 5.86. The lowest BCUT2D eigenvalue weighted by atomic mass is 9.51. The molecule has 0 bridgehead atoms. The smallest absolute Gasteiger partial charge is 0.138 e. The van der Waals surface area contributed by atoms with Crippen LogP contribution < -0.4 is 0 Å². The highest BCUT2D eigenvalue weighted by Gasteiger charge is 2.55. The van der Waals surface area contributed by atoms with Gasteiger partial charge in [0.15, 0.2) is 0 Å². The predicted octanol–water partition coefficient (Wildman–Crippen LogP) is 6.77. The van der Waals surface area contributed by atoms with Gasteiger partial charge in [0.05, 0.1) is 17.1 Å². The molecule has 2 atom stereocenters. The maximum absolute atomic E-state index is 12.8. The first-order chi connectivity index (χ1) is 14.9. The fourth-order valence-corrected chi connectivity index (χ4v) is 5.97. The molecular weight excluding hydrogens is 380 g/mol. The van der Waals surface area contributed by atoms with Crippen LogP contribution in [0.2, 0.25) is 0 Å². The maximum Gasteiger partial charge on any atom is 0.138 e. The molecule has 0 radical (unpaired) electrons. The normalized spacial score (nSPS) is 23.9. The number of carbonyl (C=O) groups is 1. The third-order valence-corrected chi connectivity index (χ3v) is 7.49. The van der Waals surface area contributed by atoms with Crippen molar-refractivity contribution in [2.75, 3.05) is 0 Å². The van der Waals surface area contributed by atoms with Crippen molar-refractivity contribution < 1.29 is 4.79 Å². The fraction of sp³-hybridized carbons (Fsp3) is 0.429. The largest absolute Gasteiger partial charge is 0.299 e. The van der Waals surface area contributed by atoms with Gasteiger partial charge in [-0.05, 0) is 37.3 Å². The van der Waals surface area contributed by atoms with Crippen LogP contribution in [0.25, 0.3) is 16.9 Å². The second-order valence-electron chi connectivity index (χ2n) is 9.44. The van der Waals surface area contributed by atoms with Crippen molar-refractivity contribution in [1.82, 2.24) is 9.78 Å². The number of rotatable bonds is 2. The molecule has 1 fully saturated rings. The first-order valence-electron chi connectivity index (χ1n) is 11.7. The molecule has 2 aromatic carbocycles. The monoisotopic (exact) mass is 414 g/mol. The Bertz CT molecular complexity index is 1070. The second-order valence-corrected chi connectivity index (χ2v) is 9.44. The molecular formula is C28H34N2O. The van der Waals surface area contributed by atoms with Crippen LogP contribution in [0.1, 0.15) is 65.1 Å². The van der Waals surface area contributed by atoms with Crippen LogP contribution in [0.5, 0.6) is 0 Å². The summed E-state index contributed by atoms with van der Waals surface area (Å²) in [5.41, 5.74) is 5.71. The molecule has 5 rings (SSSR count). The van der Waals surface area contributed by atoms with Gasteiger partial charge in [0.2, 0.25) is 0 Å². The van der Waals surface area contributed by atoms with Crippen molar-refractivity contribution in [2.45, 2.75) is 65.7 Å². The highest BCUT2D eigenvalue weighted by atomic mass is 16.1. The van der Waals surface area contributed by atoms with Crippen molar-refractivity contribution in [3.05, 3.63) is 71.9 Å². The number of hydrogen-bond acceptors (Lipinski definition) is 2. The van der Waals surface area contributed by atoms with Crippen LogP contribution in [0.15, 0.2) is 60.7 Å². The molecule has 162 valence electrons. The number of carbonyl (C=O) groups excluding carboxylic acids is 1. The Morgan fingerprint density at radius 2 is 1.52 bits per heavy atom. The highest BCUT2D eigenvalue weighted by Crippen LogP contribution is 2.57. The SMILES string of the molecule is CC.CC1(C)C(=O)CCC2(C)c3c(c(-c4ccccc4)nn3-c3ccccc3)CCC12. The number of Topliss-reactive ketones (excluding diaryl/α,β-unsaturated/α-hetero) is 1. The molecule has 1 heterocycles. The topological polar surface area (TPSA) is 34.9 Å². The summed E-state index contributed by atoms with van der Waals surface area (Å²) in [5, 5.41) is 5.17. The summed E-state index contributed by atoms with van der Waals surface area (Å²) in [6.07, 6.45) is 3.58. The first kappa shape index (κ1) is 21.5. The van der Waals surface area contributed by atoms with E-state index in [1.807, 2.05) is 19.9 Å². The first-order valence-corrected chi connectivity index (χ1v) is 11.7. The van der Waals surface area contributed by atoms with E-state index in [1.165, 1.54) is 16.8 Å². The van der Waals surface area contributed by atoms with E-state index in [4.69, 9.17) is 5.10 Å². The number of nitrogens with zero attached hydrogens (tertiary/aromatic N) is 2. The molecule has 0 amide bonds. The van der Waals surface area contributed by atoms with Gasteiger partial charge in [0, 0.05) is 28.4 Å². The Labute approximate surface area is 186 Å². The quantitative estimate of drug-likeness (QED) is 0.463. The molecule has 1 aromatic heterocycles. The lowest BCUT2D eigenvalue weighted by Crippen LogP contribution is -2.52. The Hall–Kier alpha value is -2.68. The number of benzene rings is 2. The van der Waals surface area contributed by atoms with E-state index >= 15 is 0 Å². The van der Waals surface area contributed by atoms with Gasteiger partial charge in [0.1, 0.15) is 5.78 Å². The molecule has 0 saturated heterocycles. The van der Waals surface area contributed by atoms with E-state index in [-0.39, 0.29) is 10.8 Å². The molecule has 2 aliphatic carbocycles. The number of hydrogen-bond donors (Lipinski definition) is 0. The van der Waals surface area contributed by atoms with E-state index in [0.29, 0.717) is 18.1 Å². The molecule has 2 unspecified atom stereocenters. The molecule has 1 saturated carbocycles. The lowest BCUT2D eigenvalue weighted by Gasteiger charge is -2.52.